The van der Waals surface area contributed by atoms with E-state index >= 15 is 4.39 Å². The number of hydrogen-bond acceptors (Lipinski definition) is 4. The summed E-state index contributed by atoms with van der Waals surface area (Å²) in [5.41, 5.74) is 5.24. The first-order chi connectivity index (χ1) is 19.2. The molecule has 0 aliphatic heterocycles. The van der Waals surface area contributed by atoms with Gasteiger partial charge in [-0.15, -0.1) is 0 Å². The van der Waals surface area contributed by atoms with Crippen molar-refractivity contribution in [3.63, 3.8) is 0 Å². The maximum absolute atomic E-state index is 15.1. The summed E-state index contributed by atoms with van der Waals surface area (Å²) in [6, 6.07) is 25.7. The number of aromatic nitrogens is 2. The Morgan fingerprint density at radius 3 is 2.35 bits per heavy atom. The second-order valence-electron chi connectivity index (χ2n) is 9.35. The van der Waals surface area contributed by atoms with Gasteiger partial charge in [-0.3, -0.25) is 9.59 Å². The number of anilines is 1. The van der Waals surface area contributed by atoms with E-state index in [9.17, 15) is 9.59 Å². The molecule has 5 aromatic rings. The standard InChI is InChI=1S/C32H25ClFN3O3/c1-19-11-16-28(20(2)17-19)37-32(40-21(3)38)29(30(36-37)26-9-4-5-10-27(26)34)22-12-14-25(15-13-22)35-31(39)23-7-6-8-24(33)18-23/h4-18H,1-3H3,(H,35,39). The first kappa shape index (κ1) is 26.8. The van der Waals surface area contributed by atoms with E-state index in [0.29, 0.717) is 38.8 Å². The Morgan fingerprint density at radius 2 is 1.68 bits per heavy atom. The molecule has 40 heavy (non-hydrogen) atoms. The maximum Gasteiger partial charge on any atom is 0.309 e. The Morgan fingerprint density at radius 1 is 0.925 bits per heavy atom. The van der Waals surface area contributed by atoms with E-state index in [1.807, 2.05) is 32.0 Å². The third-order valence-corrected chi connectivity index (χ3v) is 6.55. The lowest BCUT2D eigenvalue weighted by molar-refractivity contribution is -0.132. The molecule has 0 atom stereocenters. The van der Waals surface area contributed by atoms with Crippen molar-refractivity contribution in [3.8, 4) is 34.0 Å². The zero-order valence-electron chi connectivity index (χ0n) is 22.0. The van der Waals surface area contributed by atoms with Crippen LogP contribution in [0.5, 0.6) is 5.88 Å². The molecule has 0 saturated heterocycles. The number of carbonyl (C=O) groups is 2. The van der Waals surface area contributed by atoms with E-state index in [1.54, 1.807) is 66.7 Å². The van der Waals surface area contributed by atoms with Gasteiger partial charge in [0.25, 0.3) is 5.91 Å². The summed E-state index contributed by atoms with van der Waals surface area (Å²) in [7, 11) is 0. The number of nitrogens with one attached hydrogen (secondary N) is 1. The molecule has 5 rings (SSSR count). The molecule has 0 radical (unpaired) electrons. The molecule has 1 heterocycles. The number of esters is 1. The zero-order chi connectivity index (χ0) is 28.4. The fourth-order valence-electron chi connectivity index (χ4n) is 4.49. The van der Waals surface area contributed by atoms with Crippen molar-refractivity contribution in [1.29, 1.82) is 0 Å². The van der Waals surface area contributed by atoms with Gasteiger partial charge in [0.05, 0.1) is 11.3 Å². The van der Waals surface area contributed by atoms with Crippen LogP contribution in [0.15, 0.2) is 91.0 Å². The number of ether oxygens (including phenoxy) is 1. The van der Waals surface area contributed by atoms with Gasteiger partial charge in [0.1, 0.15) is 11.5 Å². The summed E-state index contributed by atoms with van der Waals surface area (Å²) < 4.78 is 22.4. The van der Waals surface area contributed by atoms with E-state index in [0.717, 1.165) is 11.1 Å². The van der Waals surface area contributed by atoms with Crippen LogP contribution < -0.4 is 10.1 Å². The highest BCUT2D eigenvalue weighted by molar-refractivity contribution is 6.31. The van der Waals surface area contributed by atoms with Gasteiger partial charge in [-0.05, 0) is 73.5 Å². The van der Waals surface area contributed by atoms with Crippen LogP contribution in [0.25, 0.3) is 28.1 Å². The summed E-state index contributed by atoms with van der Waals surface area (Å²) in [5.74, 6) is -1.16. The smallest absolute Gasteiger partial charge is 0.309 e. The summed E-state index contributed by atoms with van der Waals surface area (Å²) in [6.07, 6.45) is 0. The van der Waals surface area contributed by atoms with Crippen LogP contribution in [0.2, 0.25) is 5.02 Å². The van der Waals surface area contributed by atoms with E-state index < -0.39 is 11.8 Å². The number of aryl methyl sites for hydroxylation is 2. The molecular formula is C32H25ClFN3O3. The molecule has 0 aliphatic rings. The van der Waals surface area contributed by atoms with Gasteiger partial charge in [0.2, 0.25) is 5.88 Å². The van der Waals surface area contributed by atoms with Crippen molar-refractivity contribution in [1.82, 2.24) is 9.78 Å². The van der Waals surface area contributed by atoms with Crippen LogP contribution in [0.3, 0.4) is 0 Å². The molecule has 4 aromatic carbocycles. The third kappa shape index (κ3) is 5.51. The van der Waals surface area contributed by atoms with Crippen LogP contribution in [-0.4, -0.2) is 21.7 Å². The van der Waals surface area contributed by atoms with Gasteiger partial charge in [-0.2, -0.15) is 9.78 Å². The van der Waals surface area contributed by atoms with Crippen LogP contribution in [-0.2, 0) is 4.79 Å². The van der Waals surface area contributed by atoms with Gasteiger partial charge in [-0.1, -0.05) is 59.6 Å². The number of halogens is 2. The highest BCUT2D eigenvalue weighted by Gasteiger charge is 2.26. The van der Waals surface area contributed by atoms with Crippen molar-refractivity contribution in [3.05, 3.63) is 119 Å². The van der Waals surface area contributed by atoms with Crippen LogP contribution in [0.4, 0.5) is 10.1 Å². The molecule has 0 fully saturated rings. The predicted octanol–water partition coefficient (Wildman–Crippen LogP) is 7.79. The fraction of sp³-hybridized carbons (Fsp3) is 0.0938. The third-order valence-electron chi connectivity index (χ3n) is 6.31. The molecule has 6 nitrogen and oxygen atoms in total. The van der Waals surface area contributed by atoms with Crippen molar-refractivity contribution >= 4 is 29.2 Å². The number of hydrogen-bond donors (Lipinski definition) is 1. The fourth-order valence-corrected chi connectivity index (χ4v) is 4.68. The molecule has 0 bridgehead atoms. The quantitative estimate of drug-likeness (QED) is 0.218. The topological polar surface area (TPSA) is 73.2 Å². The van der Waals surface area contributed by atoms with E-state index in [4.69, 9.17) is 21.4 Å². The van der Waals surface area contributed by atoms with Gasteiger partial charge in [-0.25, -0.2) is 4.39 Å². The molecule has 200 valence electrons. The number of amides is 1. The van der Waals surface area contributed by atoms with Crippen molar-refractivity contribution in [2.45, 2.75) is 20.8 Å². The van der Waals surface area contributed by atoms with Crippen LogP contribution in [0, 0.1) is 19.7 Å². The second kappa shape index (κ2) is 11.2. The Balaban J connectivity index is 1.64. The normalized spacial score (nSPS) is 10.8. The molecule has 1 N–H and O–H groups in total. The molecular weight excluding hydrogens is 529 g/mol. The van der Waals surface area contributed by atoms with E-state index in [1.165, 1.54) is 17.7 Å². The van der Waals surface area contributed by atoms with Crippen molar-refractivity contribution < 1.29 is 18.7 Å². The first-order valence-corrected chi connectivity index (χ1v) is 12.9. The Bertz CT molecular complexity index is 1750. The average Bonchev–Trinajstić information content (AvgIpc) is 3.27. The molecule has 8 heteroatoms. The lowest BCUT2D eigenvalue weighted by atomic mass is 10.0. The molecule has 0 unspecified atom stereocenters. The van der Waals surface area contributed by atoms with Crippen LogP contribution in [0.1, 0.15) is 28.4 Å². The summed E-state index contributed by atoms with van der Waals surface area (Å²) in [5, 5.41) is 8.07. The number of benzene rings is 4. The predicted molar refractivity (Wildman–Crippen MR) is 155 cm³/mol. The molecule has 0 saturated carbocycles. The summed E-state index contributed by atoms with van der Waals surface area (Å²) in [6.45, 7) is 5.22. The first-order valence-electron chi connectivity index (χ1n) is 12.5. The number of rotatable bonds is 6. The average molecular weight is 554 g/mol. The lowest BCUT2D eigenvalue weighted by Gasteiger charge is -2.12. The van der Waals surface area contributed by atoms with Crippen molar-refractivity contribution in [2.24, 2.45) is 0 Å². The molecule has 0 spiro atoms. The minimum Gasteiger partial charge on any atom is -0.407 e. The lowest BCUT2D eigenvalue weighted by Crippen LogP contribution is -2.11. The highest BCUT2D eigenvalue weighted by atomic mass is 35.5. The number of carbonyl (C=O) groups excluding carboxylic acids is 2. The molecule has 1 amide bonds. The zero-order valence-corrected chi connectivity index (χ0v) is 22.8. The Labute approximate surface area is 236 Å². The SMILES string of the molecule is CC(=O)Oc1c(-c2ccc(NC(=O)c3cccc(Cl)c3)cc2)c(-c2ccccc2F)nn1-c1ccc(C)cc1C. The van der Waals surface area contributed by atoms with Gasteiger partial charge >= 0.3 is 5.97 Å². The molecule has 1 aromatic heterocycles. The monoisotopic (exact) mass is 553 g/mol. The summed E-state index contributed by atoms with van der Waals surface area (Å²) >= 11 is 6.02. The number of nitrogens with zero attached hydrogens (tertiary/aromatic N) is 2. The van der Waals surface area contributed by atoms with Gasteiger partial charge < -0.3 is 10.1 Å². The van der Waals surface area contributed by atoms with Crippen molar-refractivity contribution in [2.75, 3.05) is 5.32 Å². The van der Waals surface area contributed by atoms with E-state index in [2.05, 4.69) is 5.32 Å². The van der Waals surface area contributed by atoms with Crippen LogP contribution >= 0.6 is 11.6 Å². The molecule has 0 aliphatic carbocycles. The van der Waals surface area contributed by atoms with Gasteiger partial charge in [0.15, 0.2) is 0 Å². The van der Waals surface area contributed by atoms with E-state index in [-0.39, 0.29) is 17.4 Å². The largest absolute Gasteiger partial charge is 0.407 e. The highest BCUT2D eigenvalue weighted by Crippen LogP contribution is 2.42. The summed E-state index contributed by atoms with van der Waals surface area (Å²) in [4.78, 5) is 25.0. The Kier molecular flexibility index (Phi) is 7.49. The second-order valence-corrected chi connectivity index (χ2v) is 9.78. The Hall–Kier alpha value is -4.75. The minimum absolute atomic E-state index is 0.161. The minimum atomic E-state index is -0.544. The maximum atomic E-state index is 15.1. The van der Waals surface area contributed by atoms with Gasteiger partial charge in [0, 0.05) is 28.8 Å².